The average Bonchev–Trinajstić information content (AvgIpc) is 2.88. The molecule has 0 N–H and O–H groups in total. The van der Waals surface area contributed by atoms with Gasteiger partial charge in [0.05, 0.1) is 0 Å². The summed E-state index contributed by atoms with van der Waals surface area (Å²) in [6.45, 7) is 0. The summed E-state index contributed by atoms with van der Waals surface area (Å²) < 4.78 is 2.90. The molecule has 0 fully saturated rings. The van der Waals surface area contributed by atoms with Gasteiger partial charge in [-0.15, -0.1) is 0 Å². The van der Waals surface area contributed by atoms with Crippen molar-refractivity contribution in [2.75, 3.05) is 6.16 Å². The standard InChI is InChI=1S/C26H23I3OP2S/c27-31(28)33-30-23-18-16-22(17-19-23)20-21-32(29,24-10-4-1-5-11-24,25-12-6-2-7-13-25)26-14-8-3-9-15-26/h1-19H,20-21H2. The SMILES string of the molecule is IP(I)SOc1ccc(CCP(I)(c2ccccc2)(c2ccccc2)c2ccccc2)cc1. The summed E-state index contributed by atoms with van der Waals surface area (Å²) in [5, 5.41) is 4.28. The predicted octanol–water partition coefficient (Wildman–Crippen LogP) is 9.23. The molecule has 0 saturated carbocycles. The molecular formula is C26H23I3OP2S. The Labute approximate surface area is 241 Å². The van der Waals surface area contributed by atoms with Gasteiger partial charge in [0.25, 0.3) is 0 Å². The minimum absolute atomic E-state index is 0.199. The van der Waals surface area contributed by atoms with Crippen LogP contribution in [-0.4, -0.2) is 6.16 Å². The molecule has 0 amide bonds. The van der Waals surface area contributed by atoms with Gasteiger partial charge in [-0.2, -0.15) is 0 Å². The molecule has 33 heavy (non-hydrogen) atoms. The van der Waals surface area contributed by atoms with E-state index in [2.05, 4.69) is 181 Å². The Hall–Kier alpha value is 0.0800. The van der Waals surface area contributed by atoms with Crippen molar-refractivity contribution in [2.24, 2.45) is 0 Å². The minimum atomic E-state index is -2.73. The second kappa shape index (κ2) is 11.9. The molecule has 0 aromatic heterocycles. The zero-order chi connectivity index (χ0) is 23.2. The number of halogens is 3. The number of hydrogen-bond donors (Lipinski definition) is 0. The van der Waals surface area contributed by atoms with Crippen LogP contribution in [0.4, 0.5) is 0 Å². The summed E-state index contributed by atoms with van der Waals surface area (Å²) >= 11 is 9.22. The van der Waals surface area contributed by atoms with Crippen LogP contribution in [-0.2, 0) is 6.42 Å². The second-order valence-electron chi connectivity index (χ2n) is 7.67. The molecule has 0 heterocycles. The molecule has 0 radical (unpaired) electrons. The van der Waals surface area contributed by atoms with Gasteiger partial charge in [-0.05, 0) is 0 Å². The van der Waals surface area contributed by atoms with Crippen molar-refractivity contribution in [2.45, 2.75) is 6.42 Å². The third-order valence-electron chi connectivity index (χ3n) is 5.82. The second-order valence-corrected chi connectivity index (χ2v) is 35.9. The van der Waals surface area contributed by atoms with Crippen molar-refractivity contribution in [1.29, 1.82) is 0 Å². The van der Waals surface area contributed by atoms with Gasteiger partial charge in [0.1, 0.15) is 0 Å². The van der Waals surface area contributed by atoms with Gasteiger partial charge in [-0.3, -0.25) is 0 Å². The van der Waals surface area contributed by atoms with Crippen molar-refractivity contribution in [1.82, 2.24) is 0 Å². The summed E-state index contributed by atoms with van der Waals surface area (Å²) in [6.07, 6.45) is 2.06. The quantitative estimate of drug-likeness (QED) is 0.0947. The monoisotopic (exact) mass is 826 g/mol. The van der Waals surface area contributed by atoms with E-state index in [9.17, 15) is 0 Å². The van der Waals surface area contributed by atoms with Crippen LogP contribution in [0.15, 0.2) is 115 Å². The fourth-order valence-electron chi connectivity index (χ4n) is 4.17. The molecule has 7 heteroatoms. The molecule has 0 aliphatic heterocycles. The molecular weight excluding hydrogens is 803 g/mol. The summed E-state index contributed by atoms with van der Waals surface area (Å²) in [4.78, 5) is 0. The fraction of sp³-hybridized carbons (Fsp3) is 0.0769. The summed E-state index contributed by atoms with van der Waals surface area (Å²) in [7, 11) is 0. The van der Waals surface area contributed by atoms with Crippen molar-refractivity contribution in [3.8, 4) is 5.75 Å². The zero-order valence-electron chi connectivity index (χ0n) is 17.7. The molecule has 4 aromatic rings. The van der Waals surface area contributed by atoms with Gasteiger partial charge in [-0.25, -0.2) is 0 Å². The van der Waals surface area contributed by atoms with Gasteiger partial charge in [0, 0.05) is 0 Å². The first-order valence-electron chi connectivity index (χ1n) is 10.5. The van der Waals surface area contributed by atoms with E-state index < -0.39 is 4.25 Å². The van der Waals surface area contributed by atoms with Crippen molar-refractivity contribution >= 4 is 100 Å². The normalized spacial score (nSPS) is 12.8. The fourth-order valence-corrected chi connectivity index (χ4v) is 14.6. The molecule has 0 atom stereocenters. The summed E-state index contributed by atoms with van der Waals surface area (Å²) in [5.74, 6) is 0.922. The van der Waals surface area contributed by atoms with Gasteiger partial charge in [-0.1, -0.05) is 0 Å². The van der Waals surface area contributed by atoms with Gasteiger partial charge in [0.2, 0.25) is 0 Å². The van der Waals surface area contributed by atoms with Crippen LogP contribution in [0.3, 0.4) is 0 Å². The molecule has 0 aliphatic rings. The Morgan fingerprint density at radius 3 is 1.45 bits per heavy atom. The number of hydrogen-bond acceptors (Lipinski definition) is 2. The Balaban J connectivity index is 1.77. The molecule has 170 valence electrons. The Bertz CT molecular complexity index is 1060. The Morgan fingerprint density at radius 2 is 1.06 bits per heavy atom. The van der Waals surface area contributed by atoms with Crippen LogP contribution in [0, 0.1) is 0 Å². The summed E-state index contributed by atoms with van der Waals surface area (Å²) in [5.41, 5.74) is 1.34. The molecule has 1 nitrogen and oxygen atoms in total. The molecule has 4 aromatic carbocycles. The average molecular weight is 826 g/mol. The van der Waals surface area contributed by atoms with Crippen molar-refractivity contribution in [3.63, 3.8) is 0 Å². The first-order valence-corrected chi connectivity index (χ1v) is 23.9. The van der Waals surface area contributed by atoms with Crippen LogP contribution in [0.1, 0.15) is 5.56 Å². The van der Waals surface area contributed by atoms with Crippen LogP contribution < -0.4 is 20.1 Å². The van der Waals surface area contributed by atoms with E-state index >= 15 is 0 Å². The van der Waals surface area contributed by atoms with Crippen LogP contribution in [0.5, 0.6) is 5.75 Å². The summed E-state index contributed by atoms with van der Waals surface area (Å²) in [6, 6.07) is 42.0. The van der Waals surface area contributed by atoms with Crippen LogP contribution in [0.2, 0.25) is 0 Å². The topological polar surface area (TPSA) is 9.23 Å². The van der Waals surface area contributed by atoms with Crippen LogP contribution >= 0.6 is 84.4 Å². The van der Waals surface area contributed by atoms with Crippen molar-refractivity contribution < 1.29 is 4.18 Å². The Morgan fingerprint density at radius 1 is 0.636 bits per heavy atom. The predicted molar refractivity (Wildman–Crippen MR) is 177 cm³/mol. The third kappa shape index (κ3) is 5.91. The number of aryl methyl sites for hydroxylation is 1. The van der Waals surface area contributed by atoms with E-state index in [4.69, 9.17) is 4.18 Å². The molecule has 0 saturated heterocycles. The van der Waals surface area contributed by atoms with E-state index in [0.29, 0.717) is 0 Å². The van der Waals surface area contributed by atoms with Gasteiger partial charge in [0.15, 0.2) is 0 Å². The first kappa shape index (κ1) is 26.2. The molecule has 0 spiro atoms. The molecule has 4 rings (SSSR count). The van der Waals surface area contributed by atoms with Crippen LogP contribution in [0.25, 0.3) is 0 Å². The van der Waals surface area contributed by atoms with E-state index in [1.165, 1.54) is 21.5 Å². The third-order valence-corrected chi connectivity index (χ3v) is 21.3. The van der Waals surface area contributed by atoms with E-state index in [-0.39, 0.29) is 2.41 Å². The first-order chi connectivity index (χ1) is 16.0. The van der Waals surface area contributed by atoms with E-state index in [1.54, 1.807) is 11.7 Å². The molecule has 0 aliphatic carbocycles. The number of rotatable bonds is 9. The number of benzene rings is 4. The Kier molecular flexibility index (Phi) is 9.41. The maximum atomic E-state index is 5.83. The zero-order valence-corrected chi connectivity index (χ0v) is 26.8. The molecule has 0 bridgehead atoms. The maximum absolute atomic E-state index is 5.83. The van der Waals surface area contributed by atoms with E-state index in [0.717, 1.165) is 18.3 Å². The van der Waals surface area contributed by atoms with Gasteiger partial charge >= 0.3 is 244 Å². The van der Waals surface area contributed by atoms with E-state index in [1.807, 2.05) is 0 Å². The van der Waals surface area contributed by atoms with Gasteiger partial charge < -0.3 is 0 Å². The molecule has 0 unspecified atom stereocenters. The van der Waals surface area contributed by atoms with Crippen molar-refractivity contribution in [3.05, 3.63) is 121 Å².